The molecule has 3 nitrogen and oxygen atoms in total. The summed E-state index contributed by atoms with van der Waals surface area (Å²) in [6, 6.07) is 6.34. The predicted molar refractivity (Wildman–Crippen MR) is 57.6 cm³/mol. The van der Waals surface area contributed by atoms with Gasteiger partial charge in [0.25, 0.3) is 0 Å². The van der Waals surface area contributed by atoms with Gasteiger partial charge in [-0.1, -0.05) is 23.8 Å². The van der Waals surface area contributed by atoms with Gasteiger partial charge in [0.2, 0.25) is 0 Å². The molecule has 1 aliphatic rings. The molecule has 15 heavy (non-hydrogen) atoms. The third kappa shape index (κ3) is 2.53. The van der Waals surface area contributed by atoms with Crippen molar-refractivity contribution in [2.75, 3.05) is 13.6 Å². The number of likely N-dealkylation sites (N-methyl/N-ethyl adjacent to an activating group) is 1. The Labute approximate surface area is 89.2 Å². The molecule has 82 valence electrons. The molecule has 0 saturated heterocycles. The van der Waals surface area contributed by atoms with Crippen LogP contribution >= 0.6 is 0 Å². The minimum absolute atomic E-state index is 0.514. The molecule has 4 heteroatoms. The maximum absolute atomic E-state index is 11.7. The van der Waals surface area contributed by atoms with E-state index in [2.05, 4.69) is 29.5 Å². The van der Waals surface area contributed by atoms with Crippen molar-refractivity contribution in [3.63, 3.8) is 0 Å². The van der Waals surface area contributed by atoms with E-state index in [1.807, 2.05) is 6.07 Å². The van der Waals surface area contributed by atoms with E-state index >= 15 is 0 Å². The molecule has 0 unspecified atom stereocenters. The lowest BCUT2D eigenvalue weighted by Gasteiger charge is -2.25. The van der Waals surface area contributed by atoms with Gasteiger partial charge in [0.1, 0.15) is 0 Å². The average Bonchev–Trinajstić information content (AvgIpc) is 2.26. The fourth-order valence-corrected chi connectivity index (χ4v) is 1.99. The largest absolute Gasteiger partial charge is 0.302 e. The minimum Gasteiger partial charge on any atom is -0.302 e. The molecule has 2 rings (SSSR count). The van der Waals surface area contributed by atoms with Crippen LogP contribution in [0.1, 0.15) is 16.7 Å². The zero-order valence-corrected chi connectivity index (χ0v) is 8.89. The molecule has 0 spiro atoms. The first-order valence-corrected chi connectivity index (χ1v) is 5.17. The number of fused-ring (bicyclic) bond motifs is 1. The van der Waals surface area contributed by atoms with Crippen LogP contribution in [0.5, 0.6) is 0 Å². The van der Waals surface area contributed by atoms with E-state index in [0.29, 0.717) is 6.54 Å². The summed E-state index contributed by atoms with van der Waals surface area (Å²) < 4.78 is 11.7. The normalized spacial score (nSPS) is 16.4. The lowest BCUT2D eigenvalue weighted by molar-refractivity contribution is 0.263. The standard InChI is InChI=1S/C11H16FN3/c1-15-5-4-10-6-9(7-13-14-12)2-3-11(10)8-15/h2-3,6,13-14H,4-5,7-8H2,1H3. The van der Waals surface area contributed by atoms with Gasteiger partial charge >= 0.3 is 0 Å². The van der Waals surface area contributed by atoms with Gasteiger partial charge in [-0.25, -0.2) is 5.43 Å². The first-order chi connectivity index (χ1) is 7.29. The highest BCUT2D eigenvalue weighted by Gasteiger charge is 2.12. The molecule has 0 atom stereocenters. The summed E-state index contributed by atoms with van der Waals surface area (Å²) >= 11 is 0. The number of rotatable bonds is 3. The summed E-state index contributed by atoms with van der Waals surface area (Å²) in [5.74, 6) is 0. The molecule has 0 bridgehead atoms. The van der Waals surface area contributed by atoms with Crippen molar-refractivity contribution in [3.05, 3.63) is 34.9 Å². The third-order valence-electron chi connectivity index (χ3n) is 2.83. The van der Waals surface area contributed by atoms with E-state index in [4.69, 9.17) is 0 Å². The number of halogens is 1. The average molecular weight is 209 g/mol. The molecular formula is C11H16FN3. The number of nitrogens with one attached hydrogen (secondary N) is 2. The monoisotopic (exact) mass is 209 g/mol. The summed E-state index contributed by atoms with van der Waals surface area (Å²) in [6.07, 6.45) is 1.09. The zero-order chi connectivity index (χ0) is 10.7. The quantitative estimate of drug-likeness (QED) is 0.577. The predicted octanol–water partition coefficient (Wildman–Crippen LogP) is 1.15. The van der Waals surface area contributed by atoms with Crippen molar-refractivity contribution in [2.45, 2.75) is 19.5 Å². The topological polar surface area (TPSA) is 27.3 Å². The molecule has 0 saturated carbocycles. The Hall–Kier alpha value is -0.970. The maximum Gasteiger partial charge on any atom is 0.0375 e. The molecule has 1 aliphatic heterocycles. The van der Waals surface area contributed by atoms with Gasteiger partial charge < -0.3 is 4.90 Å². The Morgan fingerprint density at radius 3 is 3.07 bits per heavy atom. The molecule has 1 aromatic carbocycles. The number of benzene rings is 1. The highest BCUT2D eigenvalue weighted by atomic mass is 19.2. The van der Waals surface area contributed by atoms with Gasteiger partial charge in [-0.15, -0.1) is 4.48 Å². The van der Waals surface area contributed by atoms with Crippen molar-refractivity contribution in [1.29, 1.82) is 0 Å². The number of hydrazine groups is 1. The van der Waals surface area contributed by atoms with E-state index in [-0.39, 0.29) is 0 Å². The maximum atomic E-state index is 11.7. The van der Waals surface area contributed by atoms with Crippen LogP contribution in [0.4, 0.5) is 4.48 Å². The van der Waals surface area contributed by atoms with Crippen LogP contribution in [-0.4, -0.2) is 18.5 Å². The fourth-order valence-electron chi connectivity index (χ4n) is 1.99. The minimum atomic E-state index is 0.514. The first kappa shape index (κ1) is 10.5. The second kappa shape index (κ2) is 4.70. The molecule has 1 aromatic rings. The first-order valence-electron chi connectivity index (χ1n) is 5.17. The van der Waals surface area contributed by atoms with Gasteiger partial charge in [-0.2, -0.15) is 0 Å². The molecule has 0 aromatic heterocycles. The summed E-state index contributed by atoms with van der Waals surface area (Å²) in [7, 11) is 2.13. The lowest BCUT2D eigenvalue weighted by atomic mass is 9.98. The van der Waals surface area contributed by atoms with Gasteiger partial charge in [-0.05, 0) is 30.2 Å². The van der Waals surface area contributed by atoms with Crippen molar-refractivity contribution in [2.24, 2.45) is 0 Å². The van der Waals surface area contributed by atoms with Crippen LogP contribution in [0, 0.1) is 0 Å². The van der Waals surface area contributed by atoms with Crippen LogP contribution in [0.3, 0.4) is 0 Å². The number of hydrogen-bond acceptors (Lipinski definition) is 3. The van der Waals surface area contributed by atoms with E-state index in [9.17, 15) is 4.48 Å². The van der Waals surface area contributed by atoms with E-state index in [1.165, 1.54) is 16.8 Å². The van der Waals surface area contributed by atoms with Crippen molar-refractivity contribution in [3.8, 4) is 0 Å². The highest BCUT2D eigenvalue weighted by molar-refractivity contribution is 5.33. The second-order valence-corrected chi connectivity index (χ2v) is 4.04. The second-order valence-electron chi connectivity index (χ2n) is 4.04. The highest BCUT2D eigenvalue weighted by Crippen LogP contribution is 2.19. The van der Waals surface area contributed by atoms with E-state index in [0.717, 1.165) is 25.1 Å². The summed E-state index contributed by atoms with van der Waals surface area (Å²) in [6.45, 7) is 2.63. The van der Waals surface area contributed by atoms with Gasteiger partial charge in [0.05, 0.1) is 0 Å². The lowest BCUT2D eigenvalue weighted by Crippen LogP contribution is -2.27. The van der Waals surface area contributed by atoms with Crippen molar-refractivity contribution in [1.82, 2.24) is 16.0 Å². The summed E-state index contributed by atoms with van der Waals surface area (Å²) in [4.78, 5) is 2.31. The summed E-state index contributed by atoms with van der Waals surface area (Å²) in [5, 5.41) is 0. The summed E-state index contributed by atoms with van der Waals surface area (Å²) in [5.41, 5.74) is 7.80. The molecule has 0 radical (unpaired) electrons. The van der Waals surface area contributed by atoms with E-state index in [1.54, 1.807) is 0 Å². The van der Waals surface area contributed by atoms with Crippen molar-refractivity contribution >= 4 is 0 Å². The molecule has 0 amide bonds. The molecule has 0 aliphatic carbocycles. The van der Waals surface area contributed by atoms with Crippen LogP contribution in [0.25, 0.3) is 0 Å². The van der Waals surface area contributed by atoms with Crippen LogP contribution < -0.4 is 11.1 Å². The third-order valence-corrected chi connectivity index (χ3v) is 2.83. The number of hydrogen-bond donors (Lipinski definition) is 2. The smallest absolute Gasteiger partial charge is 0.0375 e. The van der Waals surface area contributed by atoms with Crippen LogP contribution in [0.15, 0.2) is 18.2 Å². The van der Waals surface area contributed by atoms with Crippen LogP contribution in [0.2, 0.25) is 0 Å². The zero-order valence-electron chi connectivity index (χ0n) is 8.89. The van der Waals surface area contributed by atoms with E-state index < -0.39 is 0 Å². The Balaban J connectivity index is 2.12. The number of nitrogens with zero attached hydrogens (tertiary/aromatic N) is 1. The molecule has 1 heterocycles. The SMILES string of the molecule is CN1CCc2cc(CNNF)ccc2C1. The van der Waals surface area contributed by atoms with Crippen molar-refractivity contribution < 1.29 is 4.48 Å². The Morgan fingerprint density at radius 1 is 1.40 bits per heavy atom. The van der Waals surface area contributed by atoms with Crippen LogP contribution in [-0.2, 0) is 19.5 Å². The van der Waals surface area contributed by atoms with Gasteiger partial charge in [0.15, 0.2) is 0 Å². The van der Waals surface area contributed by atoms with Gasteiger partial charge in [0, 0.05) is 19.6 Å². The molecular weight excluding hydrogens is 193 g/mol. The Bertz CT molecular complexity index is 341. The molecule has 0 fully saturated rings. The fraction of sp³-hybridized carbons (Fsp3) is 0.455. The molecule has 2 N–H and O–H groups in total. The Kier molecular flexibility index (Phi) is 3.30. The van der Waals surface area contributed by atoms with Gasteiger partial charge in [-0.3, -0.25) is 0 Å². The Morgan fingerprint density at radius 2 is 2.27 bits per heavy atom.